The average molecular weight is 397 g/mol. The summed E-state index contributed by atoms with van der Waals surface area (Å²) in [5, 5.41) is 7.60. The summed E-state index contributed by atoms with van der Waals surface area (Å²) in [6.07, 6.45) is 2.57. The van der Waals surface area contributed by atoms with Crippen LogP contribution in [0.15, 0.2) is 22.1 Å². The van der Waals surface area contributed by atoms with E-state index in [9.17, 15) is 14.4 Å². The lowest BCUT2D eigenvalue weighted by Gasteiger charge is -2.15. The van der Waals surface area contributed by atoms with Crippen molar-refractivity contribution >= 4 is 49.6 Å². The zero-order valence-electron chi connectivity index (χ0n) is 10.3. The van der Waals surface area contributed by atoms with Crippen LogP contribution in [0.3, 0.4) is 0 Å². The summed E-state index contributed by atoms with van der Waals surface area (Å²) >= 11 is 5.95. The Morgan fingerprint density at radius 2 is 1.42 bits per heavy atom. The summed E-state index contributed by atoms with van der Waals surface area (Å²) in [5.41, 5.74) is 0. The van der Waals surface area contributed by atoms with Crippen LogP contribution in [0.1, 0.15) is 0 Å². The van der Waals surface area contributed by atoms with Crippen LogP contribution in [-0.4, -0.2) is 37.9 Å². The van der Waals surface area contributed by atoms with Crippen LogP contribution in [-0.2, 0) is 14.4 Å². The highest BCUT2D eigenvalue weighted by molar-refractivity contribution is 9.11. The van der Waals surface area contributed by atoms with Crippen molar-refractivity contribution in [1.82, 2.24) is 16.0 Å². The summed E-state index contributed by atoms with van der Waals surface area (Å²) < 4.78 is 0. The van der Waals surface area contributed by atoms with Crippen molar-refractivity contribution in [2.45, 2.75) is 0 Å². The summed E-state index contributed by atoms with van der Waals surface area (Å²) in [5.74, 6) is -1.44. The molecule has 0 saturated carbocycles. The van der Waals surface area contributed by atoms with Gasteiger partial charge in [0.2, 0.25) is 17.7 Å². The van der Waals surface area contributed by atoms with E-state index >= 15 is 0 Å². The first-order valence-corrected chi connectivity index (χ1v) is 7.19. The summed E-state index contributed by atoms with van der Waals surface area (Å²) in [7, 11) is 1.50. The minimum Gasteiger partial charge on any atom is -0.359 e. The first kappa shape index (κ1) is 17.8. The fraction of sp³-hybridized carbons (Fsp3) is 0.364. The van der Waals surface area contributed by atoms with Gasteiger partial charge in [-0.1, -0.05) is 31.9 Å². The molecular weight excluding hydrogens is 382 g/mol. The lowest BCUT2D eigenvalue weighted by molar-refractivity contribution is -0.124. The topological polar surface area (TPSA) is 87.3 Å². The molecule has 0 aromatic carbocycles. The molecule has 8 heteroatoms. The molecule has 0 spiro atoms. The van der Waals surface area contributed by atoms with E-state index in [1.807, 2.05) is 0 Å². The molecule has 0 unspecified atom stereocenters. The molecule has 6 nitrogen and oxygen atoms in total. The molecular formula is C11H15Br2N3O3. The van der Waals surface area contributed by atoms with E-state index in [1.165, 1.54) is 29.2 Å². The zero-order chi connectivity index (χ0) is 14.7. The maximum Gasteiger partial charge on any atom is 0.244 e. The predicted octanol–water partition coefficient (Wildman–Crippen LogP) is 0.398. The third kappa shape index (κ3) is 8.55. The summed E-state index contributed by atoms with van der Waals surface area (Å²) in [6, 6.07) is 0. The van der Waals surface area contributed by atoms with Gasteiger partial charge in [0.05, 0.1) is 5.92 Å². The molecule has 0 heterocycles. The largest absolute Gasteiger partial charge is 0.359 e. The molecule has 0 saturated heterocycles. The van der Waals surface area contributed by atoms with E-state index in [-0.39, 0.29) is 30.8 Å². The van der Waals surface area contributed by atoms with Crippen molar-refractivity contribution in [2.75, 3.05) is 20.1 Å². The van der Waals surface area contributed by atoms with Gasteiger partial charge in [-0.05, 0) is 9.97 Å². The summed E-state index contributed by atoms with van der Waals surface area (Å²) in [6.45, 7) is 0.266. The Hall–Kier alpha value is -1.15. The second kappa shape index (κ2) is 10.7. The lowest BCUT2D eigenvalue weighted by Crippen LogP contribution is -2.43. The van der Waals surface area contributed by atoms with Crippen LogP contribution in [0, 0.1) is 5.92 Å². The monoisotopic (exact) mass is 395 g/mol. The van der Waals surface area contributed by atoms with Gasteiger partial charge in [-0.15, -0.1) is 0 Å². The Balaban J connectivity index is 4.35. The highest BCUT2D eigenvalue weighted by Gasteiger charge is 2.18. The van der Waals surface area contributed by atoms with E-state index in [4.69, 9.17) is 0 Å². The van der Waals surface area contributed by atoms with E-state index in [1.54, 1.807) is 0 Å². The maximum atomic E-state index is 11.6. The van der Waals surface area contributed by atoms with Gasteiger partial charge < -0.3 is 16.0 Å². The van der Waals surface area contributed by atoms with Gasteiger partial charge in [-0.3, -0.25) is 14.4 Å². The number of hydrogen-bond donors (Lipinski definition) is 3. The molecule has 19 heavy (non-hydrogen) atoms. The third-order valence-corrected chi connectivity index (χ3v) is 2.62. The highest BCUT2D eigenvalue weighted by Crippen LogP contribution is 1.94. The second-order valence-electron chi connectivity index (χ2n) is 3.39. The molecule has 3 amide bonds. The molecule has 0 aliphatic heterocycles. The molecule has 106 valence electrons. The quantitative estimate of drug-likeness (QED) is 0.544. The molecule has 0 radical (unpaired) electrons. The van der Waals surface area contributed by atoms with Crippen LogP contribution in [0.2, 0.25) is 0 Å². The summed E-state index contributed by atoms with van der Waals surface area (Å²) in [4.78, 5) is 36.9. The number of hydrogen-bond acceptors (Lipinski definition) is 3. The Kier molecular flexibility index (Phi) is 10.1. The van der Waals surface area contributed by atoms with Gasteiger partial charge in [-0.25, -0.2) is 0 Å². The number of carbonyl (C=O) groups excluding carboxylic acids is 3. The number of carbonyl (C=O) groups is 3. The minimum absolute atomic E-state index is 0.133. The van der Waals surface area contributed by atoms with Crippen LogP contribution in [0.25, 0.3) is 0 Å². The van der Waals surface area contributed by atoms with Crippen molar-refractivity contribution in [1.29, 1.82) is 0 Å². The van der Waals surface area contributed by atoms with Crippen LogP contribution in [0.4, 0.5) is 0 Å². The fourth-order valence-electron chi connectivity index (χ4n) is 1.14. The van der Waals surface area contributed by atoms with Gasteiger partial charge in [-0.2, -0.15) is 0 Å². The fourth-order valence-corrected chi connectivity index (χ4v) is 1.62. The smallest absolute Gasteiger partial charge is 0.244 e. The van der Waals surface area contributed by atoms with Gasteiger partial charge in [0.1, 0.15) is 0 Å². The molecule has 0 aliphatic rings. The van der Waals surface area contributed by atoms with E-state index < -0.39 is 5.92 Å². The van der Waals surface area contributed by atoms with Crippen molar-refractivity contribution in [3.8, 4) is 0 Å². The number of amides is 3. The zero-order valence-corrected chi connectivity index (χ0v) is 13.5. The van der Waals surface area contributed by atoms with Gasteiger partial charge >= 0.3 is 0 Å². The van der Waals surface area contributed by atoms with Gasteiger partial charge in [0.25, 0.3) is 0 Å². The molecule has 0 aromatic heterocycles. The SMILES string of the molecule is CNC(=O)C(CNC(=O)/C=C/Br)CNC(=O)/C=C/Br. The highest BCUT2D eigenvalue weighted by atomic mass is 79.9. The first-order chi connectivity index (χ1) is 9.04. The number of nitrogens with one attached hydrogen (secondary N) is 3. The Labute approximate surface area is 128 Å². The van der Waals surface area contributed by atoms with Gasteiger partial charge in [0.15, 0.2) is 0 Å². The van der Waals surface area contributed by atoms with E-state index in [2.05, 4.69) is 47.8 Å². The van der Waals surface area contributed by atoms with E-state index in [0.717, 1.165) is 0 Å². The first-order valence-electron chi connectivity index (χ1n) is 5.36. The van der Waals surface area contributed by atoms with E-state index in [0.29, 0.717) is 0 Å². The number of rotatable bonds is 7. The maximum absolute atomic E-state index is 11.6. The Bertz CT molecular complexity index is 355. The number of halogens is 2. The lowest BCUT2D eigenvalue weighted by atomic mass is 10.1. The molecule has 0 bridgehead atoms. The van der Waals surface area contributed by atoms with Gasteiger partial charge in [0, 0.05) is 32.3 Å². The van der Waals surface area contributed by atoms with Crippen LogP contribution >= 0.6 is 31.9 Å². The molecule has 0 aliphatic carbocycles. The minimum atomic E-state index is -0.537. The standard InChI is InChI=1S/C11H15Br2N3O3/c1-14-11(19)8(6-15-9(17)2-4-12)7-16-10(18)3-5-13/h2-5,8H,6-7H2,1H3,(H,14,19)(H,15,17)(H,16,18)/b4-2+,5-3+. The Morgan fingerprint density at radius 1 is 1.00 bits per heavy atom. The van der Waals surface area contributed by atoms with Crippen LogP contribution in [0.5, 0.6) is 0 Å². The third-order valence-electron chi connectivity index (χ3n) is 2.09. The molecule has 3 N–H and O–H groups in total. The van der Waals surface area contributed by atoms with Crippen molar-refractivity contribution in [3.05, 3.63) is 22.1 Å². The Morgan fingerprint density at radius 3 is 1.74 bits per heavy atom. The van der Waals surface area contributed by atoms with Crippen molar-refractivity contribution < 1.29 is 14.4 Å². The predicted molar refractivity (Wildman–Crippen MR) is 79.7 cm³/mol. The van der Waals surface area contributed by atoms with Crippen LogP contribution < -0.4 is 16.0 Å². The van der Waals surface area contributed by atoms with Crippen molar-refractivity contribution in [3.63, 3.8) is 0 Å². The van der Waals surface area contributed by atoms with Crippen molar-refractivity contribution in [2.24, 2.45) is 5.92 Å². The molecule has 0 atom stereocenters. The molecule has 0 aromatic rings. The molecule has 0 fully saturated rings. The normalized spacial score (nSPS) is 10.9. The molecule has 0 rings (SSSR count). The second-order valence-corrected chi connectivity index (χ2v) is 4.44. The average Bonchev–Trinajstić information content (AvgIpc) is 2.38.